The highest BCUT2D eigenvalue weighted by Crippen LogP contribution is 2.35. The Hall–Kier alpha value is 1.62. The van der Waals surface area contributed by atoms with Crippen LogP contribution in [-0.2, 0) is 9.53 Å². The fourth-order valence-electron chi connectivity index (χ4n) is 3.01. The van der Waals surface area contributed by atoms with Gasteiger partial charge in [0.2, 0.25) is 0 Å². The Morgan fingerprint density at radius 2 is 1.23 bits per heavy atom. The van der Waals surface area contributed by atoms with Gasteiger partial charge >= 0.3 is 5.97 Å². The molecule has 0 aromatic carbocycles. The summed E-state index contributed by atoms with van der Waals surface area (Å²) in [5, 5.41) is 0. The highest BCUT2D eigenvalue weighted by atomic mass is 127. The van der Waals surface area contributed by atoms with Crippen LogP contribution in [0.3, 0.4) is 0 Å². The Bertz CT molecular complexity index is 359. The first kappa shape index (κ1) is 27.6. The zero-order chi connectivity index (χ0) is 19.7. The SMILES string of the molecule is C=CC(=O)OC(C)CCCCCCCCCCCCCCC[Si](I)(I)I. The highest BCUT2D eigenvalue weighted by molar-refractivity contribution is 14.4. The monoisotopic (exact) mass is 718 g/mol. The molecule has 0 aliphatic rings. The largest absolute Gasteiger partial charge is 0.460 e. The van der Waals surface area contributed by atoms with Gasteiger partial charge in [-0.1, -0.05) is 149 Å². The van der Waals surface area contributed by atoms with Crippen molar-refractivity contribution >= 4 is 71.9 Å². The summed E-state index contributed by atoms with van der Waals surface area (Å²) in [6.45, 7) is 5.39. The van der Waals surface area contributed by atoms with E-state index in [1.54, 1.807) is 0 Å². The quantitative estimate of drug-likeness (QED) is 0.0354. The molecule has 0 bridgehead atoms. The molecule has 0 fully saturated rings. The van der Waals surface area contributed by atoms with Crippen molar-refractivity contribution in [3.8, 4) is 0 Å². The smallest absolute Gasteiger partial charge is 0.330 e. The second-order valence-electron chi connectivity index (χ2n) is 7.20. The molecule has 0 spiro atoms. The molecule has 0 rings (SSSR count). The van der Waals surface area contributed by atoms with Gasteiger partial charge in [-0.05, 0) is 25.8 Å². The number of hydrogen-bond donors (Lipinski definition) is 0. The molecule has 0 aromatic rings. The van der Waals surface area contributed by atoms with E-state index in [0.29, 0.717) is 0 Å². The Balaban J connectivity index is 3.18. The summed E-state index contributed by atoms with van der Waals surface area (Å²) in [6, 6.07) is 1.47. The lowest BCUT2D eigenvalue weighted by molar-refractivity contribution is -0.142. The summed E-state index contributed by atoms with van der Waals surface area (Å²) in [4.78, 5) is 11.1. The molecule has 6 heteroatoms. The predicted octanol–water partition coefficient (Wildman–Crippen LogP) is 8.81. The van der Waals surface area contributed by atoms with Crippen LogP contribution in [0.2, 0.25) is 6.04 Å². The fraction of sp³-hybridized carbons (Fsp3) is 0.850. The van der Waals surface area contributed by atoms with Crippen LogP contribution >= 0.6 is 65.4 Å². The standard InChI is InChI=1S/C20H37I3O2Si/c1-3-20(24)25-19(2)17-15-13-11-9-7-5-4-6-8-10-12-14-16-18-26(21,22)23/h3,19H,1,4-18H2,2H3. The van der Waals surface area contributed by atoms with Gasteiger partial charge in [-0.25, -0.2) is 4.79 Å². The molecule has 0 radical (unpaired) electrons. The summed E-state index contributed by atoms with van der Waals surface area (Å²) < 4.78 is 4.28. The Kier molecular flexibility index (Phi) is 19.8. The first-order valence-corrected chi connectivity index (χ1v) is 21.8. The van der Waals surface area contributed by atoms with E-state index >= 15 is 0 Å². The van der Waals surface area contributed by atoms with E-state index in [-0.39, 0.29) is 12.1 Å². The maximum absolute atomic E-state index is 11.1. The van der Waals surface area contributed by atoms with E-state index in [4.69, 9.17) is 4.74 Å². The molecule has 0 amide bonds. The number of carbonyl (C=O) groups is 1. The number of rotatable bonds is 18. The van der Waals surface area contributed by atoms with Crippen LogP contribution in [0, 0.1) is 0 Å². The first-order chi connectivity index (χ1) is 12.3. The van der Waals surface area contributed by atoms with Crippen molar-refractivity contribution in [1.29, 1.82) is 0 Å². The van der Waals surface area contributed by atoms with Gasteiger partial charge in [0.25, 0.3) is 0.564 Å². The molecule has 0 saturated heterocycles. The van der Waals surface area contributed by atoms with E-state index in [0.717, 1.165) is 12.8 Å². The lowest BCUT2D eigenvalue weighted by Gasteiger charge is -2.11. The summed E-state index contributed by atoms with van der Waals surface area (Å²) in [7, 11) is 0. The fourth-order valence-corrected chi connectivity index (χ4v) is 7.09. The third-order valence-corrected chi connectivity index (χ3v) is 10.3. The van der Waals surface area contributed by atoms with E-state index < -0.39 is 0.564 Å². The molecule has 0 N–H and O–H groups in total. The molecule has 0 heterocycles. The summed E-state index contributed by atoms with van der Waals surface area (Å²) in [5.41, 5.74) is 0. The molecule has 26 heavy (non-hydrogen) atoms. The number of ether oxygens (including phenoxy) is 1. The Morgan fingerprint density at radius 3 is 1.62 bits per heavy atom. The van der Waals surface area contributed by atoms with E-state index in [1.165, 1.54) is 89.2 Å². The van der Waals surface area contributed by atoms with Gasteiger partial charge in [-0.3, -0.25) is 0 Å². The summed E-state index contributed by atoms with van der Waals surface area (Å²) in [6.07, 6.45) is 20.1. The van der Waals surface area contributed by atoms with E-state index in [9.17, 15) is 4.79 Å². The molecule has 0 aliphatic carbocycles. The van der Waals surface area contributed by atoms with Crippen molar-refractivity contribution < 1.29 is 9.53 Å². The molecular weight excluding hydrogens is 681 g/mol. The van der Waals surface area contributed by atoms with Crippen molar-refractivity contribution in [2.45, 2.75) is 109 Å². The van der Waals surface area contributed by atoms with Gasteiger partial charge in [0.1, 0.15) is 0 Å². The van der Waals surface area contributed by atoms with Gasteiger partial charge in [0.15, 0.2) is 0 Å². The second kappa shape index (κ2) is 18.6. The average molecular weight is 718 g/mol. The summed E-state index contributed by atoms with van der Waals surface area (Å²) in [5.74, 6) is -0.303. The third-order valence-electron chi connectivity index (χ3n) is 4.55. The number of unbranched alkanes of at least 4 members (excludes halogenated alkanes) is 12. The minimum absolute atomic E-state index is 0.0230. The molecule has 1 atom stereocenters. The van der Waals surface area contributed by atoms with Crippen molar-refractivity contribution in [2.75, 3.05) is 0 Å². The number of esters is 1. The van der Waals surface area contributed by atoms with Crippen molar-refractivity contribution in [3.05, 3.63) is 12.7 Å². The lowest BCUT2D eigenvalue weighted by atomic mass is 10.0. The van der Waals surface area contributed by atoms with Crippen molar-refractivity contribution in [1.82, 2.24) is 0 Å². The third kappa shape index (κ3) is 21.9. The number of halogens is 3. The minimum atomic E-state index is -0.887. The molecular formula is C20H37I3O2Si. The van der Waals surface area contributed by atoms with Crippen LogP contribution in [0.4, 0.5) is 0 Å². The van der Waals surface area contributed by atoms with Gasteiger partial charge in [-0.2, -0.15) is 0 Å². The predicted molar refractivity (Wildman–Crippen MR) is 143 cm³/mol. The van der Waals surface area contributed by atoms with E-state index in [1.807, 2.05) is 6.92 Å². The summed E-state index contributed by atoms with van der Waals surface area (Å²) >= 11 is 8.02. The Labute approximate surface area is 201 Å². The highest BCUT2D eigenvalue weighted by Gasteiger charge is 2.19. The molecule has 2 nitrogen and oxygen atoms in total. The minimum Gasteiger partial charge on any atom is -0.460 e. The van der Waals surface area contributed by atoms with Crippen LogP contribution in [0.15, 0.2) is 12.7 Å². The second-order valence-corrected chi connectivity index (χ2v) is 44.1. The van der Waals surface area contributed by atoms with Gasteiger partial charge in [0, 0.05) is 6.08 Å². The molecule has 1 unspecified atom stereocenters. The first-order valence-electron chi connectivity index (χ1n) is 10.2. The van der Waals surface area contributed by atoms with Crippen LogP contribution in [0.25, 0.3) is 0 Å². The average Bonchev–Trinajstić information content (AvgIpc) is 2.57. The van der Waals surface area contributed by atoms with Crippen LogP contribution in [-0.4, -0.2) is 12.6 Å². The molecule has 154 valence electrons. The topological polar surface area (TPSA) is 26.3 Å². The van der Waals surface area contributed by atoms with Crippen LogP contribution in [0.5, 0.6) is 0 Å². The van der Waals surface area contributed by atoms with Gasteiger partial charge < -0.3 is 4.74 Å². The van der Waals surface area contributed by atoms with Crippen molar-refractivity contribution in [3.63, 3.8) is 0 Å². The Morgan fingerprint density at radius 1 is 0.846 bits per heavy atom. The van der Waals surface area contributed by atoms with Crippen LogP contribution < -0.4 is 0 Å². The zero-order valence-corrected chi connectivity index (χ0v) is 23.9. The normalized spacial score (nSPS) is 12.8. The van der Waals surface area contributed by atoms with Gasteiger partial charge in [-0.15, -0.1) is 0 Å². The zero-order valence-electron chi connectivity index (χ0n) is 16.4. The molecule has 0 aliphatic heterocycles. The molecule has 0 aromatic heterocycles. The van der Waals surface area contributed by atoms with Crippen LogP contribution in [0.1, 0.15) is 96.8 Å². The van der Waals surface area contributed by atoms with Crippen molar-refractivity contribution in [2.24, 2.45) is 0 Å². The van der Waals surface area contributed by atoms with E-state index in [2.05, 4.69) is 72.0 Å². The molecule has 0 saturated carbocycles. The number of hydrogen-bond acceptors (Lipinski definition) is 2. The lowest BCUT2D eigenvalue weighted by Crippen LogP contribution is -2.12. The maximum Gasteiger partial charge on any atom is 0.330 e. The number of carbonyl (C=O) groups excluding carboxylic acids is 1. The maximum atomic E-state index is 11.1. The van der Waals surface area contributed by atoms with Gasteiger partial charge in [0.05, 0.1) is 6.10 Å².